The Morgan fingerprint density at radius 1 is 0.958 bits per heavy atom. The average molecular weight is 325 g/mol. The molecule has 2 aromatic rings. The number of nitrogens with zero attached hydrogens (tertiary/aromatic N) is 1. The Balaban J connectivity index is 1.44. The summed E-state index contributed by atoms with van der Waals surface area (Å²) in [5, 5.41) is 5.68. The normalized spacial score (nSPS) is 15.0. The molecule has 5 heteroatoms. The summed E-state index contributed by atoms with van der Waals surface area (Å²) in [5.41, 5.74) is 3.16. The van der Waals surface area contributed by atoms with Crippen LogP contribution >= 0.6 is 0 Å². The molecule has 0 unspecified atom stereocenters. The van der Waals surface area contributed by atoms with Crippen molar-refractivity contribution in [1.29, 1.82) is 0 Å². The van der Waals surface area contributed by atoms with Gasteiger partial charge in [0.15, 0.2) is 0 Å². The Hall–Kier alpha value is -2.37. The summed E-state index contributed by atoms with van der Waals surface area (Å²) in [6.45, 7) is 5.07. The van der Waals surface area contributed by atoms with Crippen LogP contribution in [0, 0.1) is 0 Å². The molecule has 0 saturated carbocycles. The molecule has 0 aliphatic carbocycles. The van der Waals surface area contributed by atoms with Crippen LogP contribution in [0.5, 0.6) is 0 Å². The third-order valence-electron chi connectivity index (χ3n) is 4.02. The molecule has 2 aromatic carbocycles. The number of ether oxygens (including phenoxy) is 1. The molecular weight excluding hydrogens is 302 g/mol. The van der Waals surface area contributed by atoms with Crippen LogP contribution in [0.25, 0.3) is 0 Å². The van der Waals surface area contributed by atoms with Crippen molar-refractivity contribution in [2.75, 3.05) is 31.6 Å². The molecule has 0 spiro atoms. The minimum Gasteiger partial charge on any atom is -0.379 e. The lowest BCUT2D eigenvalue weighted by Crippen LogP contribution is -2.35. The fourth-order valence-corrected chi connectivity index (χ4v) is 2.66. The van der Waals surface area contributed by atoms with Gasteiger partial charge < -0.3 is 15.4 Å². The first-order chi connectivity index (χ1) is 11.8. The summed E-state index contributed by atoms with van der Waals surface area (Å²) in [5.74, 6) is 0. The Morgan fingerprint density at radius 3 is 2.33 bits per heavy atom. The summed E-state index contributed by atoms with van der Waals surface area (Å²) < 4.78 is 5.37. The molecular formula is C19H23N3O2. The van der Waals surface area contributed by atoms with Crippen molar-refractivity contribution in [3.05, 3.63) is 65.7 Å². The maximum Gasteiger partial charge on any atom is 0.319 e. The van der Waals surface area contributed by atoms with Gasteiger partial charge in [0.2, 0.25) is 0 Å². The highest BCUT2D eigenvalue weighted by Gasteiger charge is 2.10. The van der Waals surface area contributed by atoms with E-state index in [4.69, 9.17) is 4.74 Å². The van der Waals surface area contributed by atoms with Crippen LogP contribution in [0.3, 0.4) is 0 Å². The average Bonchev–Trinajstić information content (AvgIpc) is 2.63. The van der Waals surface area contributed by atoms with Crippen molar-refractivity contribution >= 4 is 11.7 Å². The molecule has 2 N–H and O–H groups in total. The fraction of sp³-hybridized carbons (Fsp3) is 0.316. The lowest BCUT2D eigenvalue weighted by atomic mass is 10.1. The van der Waals surface area contributed by atoms with Crippen molar-refractivity contribution in [1.82, 2.24) is 10.2 Å². The number of carbonyl (C=O) groups excluding carboxylic acids is 1. The van der Waals surface area contributed by atoms with Crippen LogP contribution in [0.2, 0.25) is 0 Å². The molecule has 1 fully saturated rings. The molecule has 0 radical (unpaired) electrons. The van der Waals surface area contributed by atoms with E-state index in [-0.39, 0.29) is 6.03 Å². The second kappa shape index (κ2) is 8.47. The lowest BCUT2D eigenvalue weighted by molar-refractivity contribution is 0.0342. The first-order valence-corrected chi connectivity index (χ1v) is 8.27. The molecule has 1 aliphatic rings. The highest BCUT2D eigenvalue weighted by Crippen LogP contribution is 2.09. The van der Waals surface area contributed by atoms with E-state index in [2.05, 4.69) is 39.8 Å². The molecule has 1 heterocycles. The zero-order valence-corrected chi connectivity index (χ0v) is 13.7. The van der Waals surface area contributed by atoms with Crippen LogP contribution in [-0.4, -0.2) is 37.2 Å². The van der Waals surface area contributed by atoms with Gasteiger partial charge >= 0.3 is 6.03 Å². The Kier molecular flexibility index (Phi) is 5.82. The number of benzene rings is 2. The van der Waals surface area contributed by atoms with E-state index in [0.29, 0.717) is 6.54 Å². The highest BCUT2D eigenvalue weighted by molar-refractivity contribution is 5.89. The maximum absolute atomic E-state index is 11.9. The number of morpholine rings is 1. The number of amides is 2. The largest absolute Gasteiger partial charge is 0.379 e. The first kappa shape index (κ1) is 16.5. The maximum atomic E-state index is 11.9. The van der Waals surface area contributed by atoms with Gasteiger partial charge in [-0.3, -0.25) is 4.90 Å². The minimum absolute atomic E-state index is 0.196. The number of rotatable bonds is 5. The van der Waals surface area contributed by atoms with Crippen molar-refractivity contribution in [2.24, 2.45) is 0 Å². The summed E-state index contributed by atoms with van der Waals surface area (Å²) in [6.07, 6.45) is 0. The van der Waals surface area contributed by atoms with Crippen molar-refractivity contribution < 1.29 is 9.53 Å². The number of hydrogen-bond donors (Lipinski definition) is 2. The number of para-hydroxylation sites is 1. The summed E-state index contributed by atoms with van der Waals surface area (Å²) in [4.78, 5) is 14.3. The number of hydrogen-bond acceptors (Lipinski definition) is 3. The molecule has 0 atom stereocenters. The summed E-state index contributed by atoms with van der Waals surface area (Å²) >= 11 is 0. The third kappa shape index (κ3) is 5.08. The molecule has 126 valence electrons. The highest BCUT2D eigenvalue weighted by atomic mass is 16.5. The van der Waals surface area contributed by atoms with Crippen LogP contribution in [0.1, 0.15) is 11.1 Å². The Morgan fingerprint density at radius 2 is 1.62 bits per heavy atom. The predicted molar refractivity (Wildman–Crippen MR) is 94.8 cm³/mol. The van der Waals surface area contributed by atoms with Crippen molar-refractivity contribution in [2.45, 2.75) is 13.1 Å². The van der Waals surface area contributed by atoms with Gasteiger partial charge in [-0.2, -0.15) is 0 Å². The molecule has 24 heavy (non-hydrogen) atoms. The van der Waals surface area contributed by atoms with Crippen molar-refractivity contribution in [3.63, 3.8) is 0 Å². The molecule has 5 nitrogen and oxygen atoms in total. The topological polar surface area (TPSA) is 53.6 Å². The Bertz CT molecular complexity index is 637. The Labute approximate surface area is 142 Å². The van der Waals surface area contributed by atoms with Gasteiger partial charge in [-0.25, -0.2) is 4.79 Å². The zero-order valence-electron chi connectivity index (χ0n) is 13.7. The van der Waals surface area contributed by atoms with Gasteiger partial charge in [0.1, 0.15) is 0 Å². The predicted octanol–water partition coefficient (Wildman–Crippen LogP) is 2.84. The summed E-state index contributed by atoms with van der Waals surface area (Å²) in [7, 11) is 0. The van der Waals surface area contributed by atoms with Crippen LogP contribution in [0.4, 0.5) is 10.5 Å². The molecule has 3 rings (SSSR count). The van der Waals surface area contributed by atoms with E-state index < -0.39 is 0 Å². The van der Waals surface area contributed by atoms with Crippen molar-refractivity contribution in [3.8, 4) is 0 Å². The standard InChI is InChI=1S/C19H23N3O2/c23-19(21-18-4-2-1-3-5-18)20-14-16-6-8-17(9-7-16)15-22-10-12-24-13-11-22/h1-9H,10-15H2,(H2,20,21,23). The monoisotopic (exact) mass is 325 g/mol. The van der Waals surface area contributed by atoms with Gasteiger partial charge in [0.05, 0.1) is 13.2 Å². The molecule has 0 bridgehead atoms. The van der Waals surface area contributed by atoms with E-state index in [1.165, 1.54) is 5.56 Å². The fourth-order valence-electron chi connectivity index (χ4n) is 2.66. The second-order valence-corrected chi connectivity index (χ2v) is 5.88. The lowest BCUT2D eigenvalue weighted by Gasteiger charge is -2.26. The molecule has 0 aromatic heterocycles. The zero-order chi connectivity index (χ0) is 16.6. The second-order valence-electron chi connectivity index (χ2n) is 5.88. The van der Waals surface area contributed by atoms with E-state index >= 15 is 0 Å². The number of urea groups is 1. The van der Waals surface area contributed by atoms with Crippen LogP contribution < -0.4 is 10.6 Å². The third-order valence-corrected chi connectivity index (χ3v) is 4.02. The van der Waals surface area contributed by atoms with E-state index in [0.717, 1.165) is 44.1 Å². The SMILES string of the molecule is O=C(NCc1ccc(CN2CCOCC2)cc1)Nc1ccccc1. The number of nitrogens with one attached hydrogen (secondary N) is 2. The molecule has 1 aliphatic heterocycles. The number of carbonyl (C=O) groups is 1. The smallest absolute Gasteiger partial charge is 0.319 e. The van der Waals surface area contributed by atoms with Crippen LogP contribution in [-0.2, 0) is 17.8 Å². The van der Waals surface area contributed by atoms with E-state index in [1.807, 2.05) is 30.3 Å². The number of anilines is 1. The van der Waals surface area contributed by atoms with Gasteiger partial charge in [-0.05, 0) is 23.3 Å². The summed E-state index contributed by atoms with van der Waals surface area (Å²) in [6, 6.07) is 17.6. The van der Waals surface area contributed by atoms with Gasteiger partial charge in [-0.1, -0.05) is 42.5 Å². The first-order valence-electron chi connectivity index (χ1n) is 8.27. The molecule has 1 saturated heterocycles. The van der Waals surface area contributed by atoms with Gasteiger partial charge in [0.25, 0.3) is 0 Å². The van der Waals surface area contributed by atoms with E-state index in [1.54, 1.807) is 0 Å². The quantitative estimate of drug-likeness (QED) is 0.889. The van der Waals surface area contributed by atoms with E-state index in [9.17, 15) is 4.79 Å². The minimum atomic E-state index is -0.196. The molecule has 2 amide bonds. The van der Waals surface area contributed by atoms with Gasteiger partial charge in [0, 0.05) is 31.9 Å². The van der Waals surface area contributed by atoms with Gasteiger partial charge in [-0.15, -0.1) is 0 Å². The van der Waals surface area contributed by atoms with Crippen LogP contribution in [0.15, 0.2) is 54.6 Å².